The second-order valence-electron chi connectivity index (χ2n) is 4.49. The lowest BCUT2D eigenvalue weighted by molar-refractivity contribution is 0.374. The van der Waals surface area contributed by atoms with Crippen LogP contribution in [-0.2, 0) is 0 Å². The fourth-order valence-electron chi connectivity index (χ4n) is 2.37. The summed E-state index contributed by atoms with van der Waals surface area (Å²) in [5, 5.41) is 9.35. The van der Waals surface area contributed by atoms with Gasteiger partial charge in [0.25, 0.3) is 5.56 Å². The number of rotatable bonds is 1. The molecule has 0 bridgehead atoms. The summed E-state index contributed by atoms with van der Waals surface area (Å²) in [7, 11) is 0. The first kappa shape index (κ1) is 13.1. The molecule has 0 aliphatic carbocycles. The molecule has 21 heavy (non-hydrogen) atoms. The zero-order valence-electron chi connectivity index (χ0n) is 10.7. The number of ether oxygens (including phenoxy) is 1. The van der Waals surface area contributed by atoms with Crippen molar-refractivity contribution in [2.45, 2.75) is 5.92 Å². The molecule has 1 aliphatic heterocycles. The van der Waals surface area contributed by atoms with Crippen LogP contribution in [0, 0.1) is 16.1 Å². The molecular weight excluding hydrogens is 288 g/mol. The van der Waals surface area contributed by atoms with Crippen LogP contribution >= 0.6 is 12.2 Å². The third kappa shape index (κ3) is 2.11. The molecule has 7 heteroatoms. The van der Waals surface area contributed by atoms with Crippen LogP contribution in [0.3, 0.4) is 0 Å². The molecule has 1 aromatic heterocycles. The molecule has 0 fully saturated rings. The second kappa shape index (κ2) is 4.92. The van der Waals surface area contributed by atoms with E-state index >= 15 is 0 Å². The molecule has 1 aliphatic rings. The first-order valence-electron chi connectivity index (χ1n) is 6.11. The molecule has 4 N–H and O–H groups in total. The predicted octanol–water partition coefficient (Wildman–Crippen LogP) is 1.65. The molecule has 2 aromatic rings. The summed E-state index contributed by atoms with van der Waals surface area (Å²) in [4.78, 5) is 17.5. The first-order chi connectivity index (χ1) is 10.1. The van der Waals surface area contributed by atoms with Gasteiger partial charge in [0.1, 0.15) is 11.6 Å². The van der Waals surface area contributed by atoms with Crippen molar-refractivity contribution in [3.8, 4) is 11.9 Å². The maximum Gasteiger partial charge on any atom is 0.259 e. The fourth-order valence-corrected chi connectivity index (χ4v) is 2.55. The van der Waals surface area contributed by atoms with Crippen molar-refractivity contribution < 1.29 is 4.74 Å². The number of allylic oxidation sites excluding steroid dienone is 1. The molecule has 0 saturated carbocycles. The highest BCUT2D eigenvalue weighted by Crippen LogP contribution is 2.38. The number of nitrogens with two attached hydrogens (primary N) is 1. The van der Waals surface area contributed by atoms with Crippen LogP contribution in [0.4, 0.5) is 0 Å². The van der Waals surface area contributed by atoms with E-state index in [0.29, 0.717) is 5.56 Å². The molecular formula is C14H10N4O2S. The number of nitriles is 1. The molecule has 0 amide bonds. The van der Waals surface area contributed by atoms with Crippen LogP contribution in [0.2, 0.25) is 0 Å². The Morgan fingerprint density at radius 2 is 2.00 bits per heavy atom. The average Bonchev–Trinajstić information content (AvgIpc) is 2.46. The van der Waals surface area contributed by atoms with E-state index in [0.717, 1.165) is 5.56 Å². The Labute approximate surface area is 124 Å². The van der Waals surface area contributed by atoms with Crippen LogP contribution in [0.15, 0.2) is 46.6 Å². The lowest BCUT2D eigenvalue weighted by atomic mass is 9.85. The fraction of sp³-hybridized carbons (Fsp3) is 0.0714. The predicted molar refractivity (Wildman–Crippen MR) is 78.0 cm³/mol. The molecule has 1 aromatic carbocycles. The normalized spacial score (nSPS) is 16.8. The molecule has 0 spiro atoms. The number of nitrogens with zero attached hydrogens (tertiary/aromatic N) is 1. The number of benzene rings is 1. The number of fused-ring (bicyclic) bond motifs is 1. The lowest BCUT2D eigenvalue weighted by Crippen LogP contribution is -2.28. The highest BCUT2D eigenvalue weighted by molar-refractivity contribution is 7.71. The van der Waals surface area contributed by atoms with Crippen molar-refractivity contribution in [3.63, 3.8) is 0 Å². The van der Waals surface area contributed by atoms with Gasteiger partial charge in [-0.05, 0) is 17.8 Å². The molecule has 3 rings (SSSR count). The minimum absolute atomic E-state index is 0.0323. The summed E-state index contributed by atoms with van der Waals surface area (Å²) in [6.07, 6.45) is 0. The third-order valence-corrected chi connectivity index (χ3v) is 3.46. The monoisotopic (exact) mass is 298 g/mol. The molecule has 104 valence electrons. The number of aromatic nitrogens is 2. The summed E-state index contributed by atoms with van der Waals surface area (Å²) in [6.45, 7) is 0. The van der Waals surface area contributed by atoms with E-state index in [1.165, 1.54) is 0 Å². The van der Waals surface area contributed by atoms with E-state index in [1.54, 1.807) is 0 Å². The molecule has 0 unspecified atom stereocenters. The third-order valence-electron chi connectivity index (χ3n) is 3.25. The van der Waals surface area contributed by atoms with Gasteiger partial charge in [0.15, 0.2) is 4.77 Å². The highest BCUT2D eigenvalue weighted by Gasteiger charge is 2.33. The Balaban J connectivity index is 2.34. The lowest BCUT2D eigenvalue weighted by Gasteiger charge is -2.24. The van der Waals surface area contributed by atoms with Crippen molar-refractivity contribution in [3.05, 3.63) is 68.0 Å². The summed E-state index contributed by atoms with van der Waals surface area (Å²) in [6, 6.07) is 11.2. The van der Waals surface area contributed by atoms with E-state index in [2.05, 4.69) is 9.97 Å². The van der Waals surface area contributed by atoms with Crippen molar-refractivity contribution in [1.29, 1.82) is 5.26 Å². The Morgan fingerprint density at radius 3 is 2.67 bits per heavy atom. The van der Waals surface area contributed by atoms with E-state index in [1.807, 2.05) is 36.4 Å². The maximum absolute atomic E-state index is 12.2. The Bertz CT molecular complexity index is 890. The quantitative estimate of drug-likeness (QED) is 0.694. The summed E-state index contributed by atoms with van der Waals surface area (Å²) >= 11 is 4.92. The zero-order chi connectivity index (χ0) is 15.0. The van der Waals surface area contributed by atoms with Gasteiger partial charge in [-0.25, -0.2) is 0 Å². The van der Waals surface area contributed by atoms with E-state index in [4.69, 9.17) is 22.7 Å². The number of H-pyrrole nitrogens is 2. The minimum Gasteiger partial charge on any atom is -0.424 e. The van der Waals surface area contributed by atoms with E-state index in [-0.39, 0.29) is 22.1 Å². The van der Waals surface area contributed by atoms with Crippen LogP contribution in [0.1, 0.15) is 17.0 Å². The zero-order valence-corrected chi connectivity index (χ0v) is 11.5. The molecule has 0 radical (unpaired) electrons. The molecule has 1 atom stereocenters. The SMILES string of the molecule is N#CC1=C(N)Oc2[nH]c(=S)[nH]c(=O)c2[C@H]1c1ccccc1. The first-order valence-corrected chi connectivity index (χ1v) is 6.51. The summed E-state index contributed by atoms with van der Waals surface area (Å²) in [5.74, 6) is -0.445. The largest absolute Gasteiger partial charge is 0.424 e. The Kier molecular flexibility index (Phi) is 3.08. The van der Waals surface area contributed by atoms with Gasteiger partial charge in [-0.3, -0.25) is 9.78 Å². The molecule has 2 heterocycles. The smallest absolute Gasteiger partial charge is 0.259 e. The minimum atomic E-state index is -0.587. The van der Waals surface area contributed by atoms with E-state index < -0.39 is 11.5 Å². The average molecular weight is 298 g/mol. The standard InChI is InChI=1S/C14H10N4O2S/c15-6-8-9(7-4-2-1-3-5-7)10-12(19)17-14(21)18-13(10)20-11(8)16/h1-5,9H,16H2,(H2,17,18,19,21)/t9-/m0/s1. The van der Waals surface area contributed by atoms with Crippen molar-refractivity contribution in [2.24, 2.45) is 5.73 Å². The van der Waals surface area contributed by atoms with Gasteiger partial charge in [-0.15, -0.1) is 0 Å². The molecule has 0 saturated heterocycles. The summed E-state index contributed by atoms with van der Waals surface area (Å²) in [5.41, 5.74) is 6.67. The Morgan fingerprint density at radius 1 is 1.29 bits per heavy atom. The van der Waals surface area contributed by atoms with Crippen LogP contribution in [0.5, 0.6) is 5.88 Å². The number of aromatic amines is 2. The maximum atomic E-state index is 12.2. The van der Waals surface area contributed by atoms with Gasteiger partial charge in [-0.2, -0.15) is 5.26 Å². The van der Waals surface area contributed by atoms with Gasteiger partial charge < -0.3 is 15.5 Å². The van der Waals surface area contributed by atoms with E-state index in [9.17, 15) is 10.1 Å². The van der Waals surface area contributed by atoms with Crippen molar-refractivity contribution in [1.82, 2.24) is 9.97 Å². The number of hydrogen-bond donors (Lipinski definition) is 3. The Hall–Kier alpha value is -2.85. The van der Waals surface area contributed by atoms with Gasteiger partial charge in [0.05, 0.1) is 11.5 Å². The van der Waals surface area contributed by atoms with Crippen molar-refractivity contribution in [2.75, 3.05) is 0 Å². The molecule has 6 nitrogen and oxygen atoms in total. The summed E-state index contributed by atoms with van der Waals surface area (Å²) < 4.78 is 5.48. The highest BCUT2D eigenvalue weighted by atomic mass is 32.1. The van der Waals surface area contributed by atoms with Crippen molar-refractivity contribution >= 4 is 12.2 Å². The number of nitrogens with one attached hydrogen (secondary N) is 2. The van der Waals surface area contributed by atoms with Gasteiger partial charge in [-0.1, -0.05) is 30.3 Å². The van der Waals surface area contributed by atoms with Crippen LogP contribution < -0.4 is 16.0 Å². The number of hydrogen-bond acceptors (Lipinski definition) is 5. The van der Waals surface area contributed by atoms with Gasteiger partial charge in [0.2, 0.25) is 11.8 Å². The topological polar surface area (TPSA) is 108 Å². The van der Waals surface area contributed by atoms with Crippen LogP contribution in [-0.4, -0.2) is 9.97 Å². The van der Waals surface area contributed by atoms with Gasteiger partial charge in [0, 0.05) is 0 Å². The van der Waals surface area contributed by atoms with Crippen LogP contribution in [0.25, 0.3) is 0 Å². The van der Waals surface area contributed by atoms with Gasteiger partial charge >= 0.3 is 0 Å². The second-order valence-corrected chi connectivity index (χ2v) is 4.89.